The molecule has 0 spiro atoms. The molecule has 1 aromatic heterocycles. The first-order valence-electron chi connectivity index (χ1n) is 8.04. The molecule has 25 heavy (non-hydrogen) atoms. The van der Waals surface area contributed by atoms with Crippen LogP contribution >= 0.6 is 0 Å². The number of nitrogens with one attached hydrogen (secondary N) is 2. The first-order valence-corrected chi connectivity index (χ1v) is 8.04. The van der Waals surface area contributed by atoms with Gasteiger partial charge in [0.05, 0.1) is 0 Å². The molecule has 1 aromatic carbocycles. The third kappa shape index (κ3) is 5.31. The summed E-state index contributed by atoms with van der Waals surface area (Å²) in [6.45, 7) is 5.66. The number of hydrogen-bond donors (Lipinski definition) is 2. The second-order valence-corrected chi connectivity index (χ2v) is 7.01. The summed E-state index contributed by atoms with van der Waals surface area (Å²) in [4.78, 5) is 30.7. The van der Waals surface area contributed by atoms with Crippen LogP contribution < -0.4 is 15.5 Å². The van der Waals surface area contributed by atoms with Crippen molar-refractivity contribution in [3.05, 3.63) is 53.9 Å². The number of carbonyl (C=O) groups is 2. The maximum atomic E-state index is 12.4. The summed E-state index contributed by atoms with van der Waals surface area (Å²) in [6.07, 6.45) is 0. The lowest BCUT2D eigenvalue weighted by molar-refractivity contribution is 0.0914. The highest BCUT2D eigenvalue weighted by Gasteiger charge is 2.17. The first kappa shape index (κ1) is 18.4. The normalized spacial score (nSPS) is 10.9. The van der Waals surface area contributed by atoms with E-state index >= 15 is 0 Å². The first-order chi connectivity index (χ1) is 11.7. The summed E-state index contributed by atoms with van der Waals surface area (Å²) >= 11 is 0. The zero-order valence-electron chi connectivity index (χ0n) is 15.3. The van der Waals surface area contributed by atoms with Gasteiger partial charge in [0.2, 0.25) is 0 Å². The molecule has 1 heterocycles. The number of benzene rings is 1. The molecule has 0 saturated carbocycles. The molecule has 0 atom stereocenters. The van der Waals surface area contributed by atoms with Crippen molar-refractivity contribution >= 4 is 23.2 Å². The van der Waals surface area contributed by atoms with Gasteiger partial charge in [-0.3, -0.25) is 9.59 Å². The van der Waals surface area contributed by atoms with Crippen LogP contribution in [0.25, 0.3) is 0 Å². The van der Waals surface area contributed by atoms with Crippen LogP contribution in [0.5, 0.6) is 0 Å². The molecule has 2 amide bonds. The van der Waals surface area contributed by atoms with E-state index in [2.05, 4.69) is 15.6 Å². The maximum Gasteiger partial charge on any atom is 0.274 e. The molecular formula is C19H24N4O2. The Morgan fingerprint density at radius 1 is 0.920 bits per heavy atom. The molecule has 6 heteroatoms. The van der Waals surface area contributed by atoms with E-state index in [9.17, 15) is 9.59 Å². The molecule has 0 saturated heterocycles. The van der Waals surface area contributed by atoms with E-state index in [-0.39, 0.29) is 28.7 Å². The maximum absolute atomic E-state index is 12.4. The second kappa shape index (κ2) is 7.34. The van der Waals surface area contributed by atoms with E-state index in [1.807, 2.05) is 64.0 Å². The lowest BCUT2D eigenvalue weighted by Gasteiger charge is -2.20. The lowest BCUT2D eigenvalue weighted by atomic mass is 10.1. The van der Waals surface area contributed by atoms with Crippen molar-refractivity contribution in [1.82, 2.24) is 10.3 Å². The van der Waals surface area contributed by atoms with Gasteiger partial charge in [-0.25, -0.2) is 4.98 Å². The second-order valence-electron chi connectivity index (χ2n) is 7.01. The lowest BCUT2D eigenvalue weighted by Crippen LogP contribution is -2.41. The van der Waals surface area contributed by atoms with E-state index in [1.54, 1.807) is 18.2 Å². The third-order valence-corrected chi connectivity index (χ3v) is 3.34. The Bertz CT molecular complexity index is 762. The molecule has 6 nitrogen and oxygen atoms in total. The molecule has 0 aliphatic rings. The van der Waals surface area contributed by atoms with Crippen LogP contribution in [-0.4, -0.2) is 36.4 Å². The average molecular weight is 340 g/mol. The van der Waals surface area contributed by atoms with Gasteiger partial charge in [0.1, 0.15) is 11.4 Å². The van der Waals surface area contributed by atoms with Gasteiger partial charge in [-0.1, -0.05) is 6.07 Å². The van der Waals surface area contributed by atoms with Gasteiger partial charge in [-0.05, 0) is 57.2 Å². The van der Waals surface area contributed by atoms with Crippen molar-refractivity contribution in [2.75, 3.05) is 24.3 Å². The molecule has 0 aliphatic carbocycles. The number of aromatic nitrogens is 1. The molecule has 2 aromatic rings. The Kier molecular flexibility index (Phi) is 5.41. The van der Waals surface area contributed by atoms with Crippen molar-refractivity contribution in [3.8, 4) is 0 Å². The predicted octanol–water partition coefficient (Wildman–Crippen LogP) is 2.93. The summed E-state index contributed by atoms with van der Waals surface area (Å²) in [5.74, 6) is -0.666. The minimum absolute atomic E-state index is 0.193. The Balaban J connectivity index is 2.11. The number of rotatable bonds is 4. The Morgan fingerprint density at radius 2 is 1.48 bits per heavy atom. The summed E-state index contributed by atoms with van der Waals surface area (Å²) in [5.41, 5.74) is 1.74. The third-order valence-electron chi connectivity index (χ3n) is 3.34. The van der Waals surface area contributed by atoms with E-state index in [1.165, 1.54) is 0 Å². The van der Waals surface area contributed by atoms with Crippen LogP contribution in [0.15, 0.2) is 42.5 Å². The van der Waals surface area contributed by atoms with Gasteiger partial charge in [-0.2, -0.15) is 0 Å². The summed E-state index contributed by atoms with van der Waals surface area (Å²) in [6, 6.07) is 12.3. The van der Waals surface area contributed by atoms with Gasteiger partial charge in [0.25, 0.3) is 11.8 Å². The largest absolute Gasteiger partial charge is 0.378 e. The zero-order valence-corrected chi connectivity index (χ0v) is 15.3. The van der Waals surface area contributed by atoms with E-state index < -0.39 is 0 Å². The van der Waals surface area contributed by atoms with Gasteiger partial charge < -0.3 is 15.5 Å². The Morgan fingerprint density at radius 3 is 2.00 bits per heavy atom. The highest BCUT2D eigenvalue weighted by Crippen LogP contribution is 2.16. The molecular weight excluding hydrogens is 316 g/mol. The topological polar surface area (TPSA) is 74.3 Å². The van der Waals surface area contributed by atoms with Crippen LogP contribution in [-0.2, 0) is 0 Å². The predicted molar refractivity (Wildman–Crippen MR) is 100 cm³/mol. The Labute approximate surface area is 148 Å². The van der Waals surface area contributed by atoms with Crippen LogP contribution in [0.3, 0.4) is 0 Å². The van der Waals surface area contributed by atoms with Crippen molar-refractivity contribution in [2.45, 2.75) is 26.3 Å². The average Bonchev–Trinajstić information content (AvgIpc) is 2.54. The quantitative estimate of drug-likeness (QED) is 0.897. The highest BCUT2D eigenvalue weighted by molar-refractivity contribution is 6.04. The summed E-state index contributed by atoms with van der Waals surface area (Å²) in [5, 5.41) is 5.62. The molecule has 0 fully saturated rings. The van der Waals surface area contributed by atoms with Gasteiger partial charge >= 0.3 is 0 Å². The monoisotopic (exact) mass is 340 g/mol. The number of carbonyl (C=O) groups excluding carboxylic acids is 2. The van der Waals surface area contributed by atoms with E-state index in [4.69, 9.17) is 0 Å². The number of anilines is 2. The van der Waals surface area contributed by atoms with Crippen molar-refractivity contribution in [3.63, 3.8) is 0 Å². The molecule has 0 unspecified atom stereocenters. The summed E-state index contributed by atoms with van der Waals surface area (Å²) in [7, 11) is 3.90. The fourth-order valence-corrected chi connectivity index (χ4v) is 2.13. The van der Waals surface area contributed by atoms with Gasteiger partial charge in [0.15, 0.2) is 0 Å². The fourth-order valence-electron chi connectivity index (χ4n) is 2.13. The van der Waals surface area contributed by atoms with Crippen LogP contribution in [0.2, 0.25) is 0 Å². The van der Waals surface area contributed by atoms with E-state index in [0.717, 1.165) is 5.69 Å². The number of pyridine rings is 1. The van der Waals surface area contributed by atoms with Crippen LogP contribution in [0.1, 0.15) is 41.7 Å². The van der Waals surface area contributed by atoms with Gasteiger partial charge in [-0.15, -0.1) is 0 Å². The van der Waals surface area contributed by atoms with Crippen LogP contribution in [0.4, 0.5) is 11.4 Å². The number of amides is 2. The SMILES string of the molecule is CN(C)c1ccc(NC(=O)c2cccc(C(=O)NC(C)(C)C)n2)cc1. The molecule has 2 rings (SSSR count). The highest BCUT2D eigenvalue weighted by atomic mass is 16.2. The van der Waals surface area contributed by atoms with Crippen molar-refractivity contribution < 1.29 is 9.59 Å². The Hall–Kier alpha value is -2.89. The van der Waals surface area contributed by atoms with Crippen molar-refractivity contribution in [1.29, 1.82) is 0 Å². The number of nitrogens with zero attached hydrogens (tertiary/aromatic N) is 2. The fraction of sp³-hybridized carbons (Fsp3) is 0.316. The molecule has 2 N–H and O–H groups in total. The number of hydrogen-bond acceptors (Lipinski definition) is 4. The molecule has 0 radical (unpaired) electrons. The smallest absolute Gasteiger partial charge is 0.274 e. The minimum atomic E-state index is -0.370. The van der Waals surface area contributed by atoms with E-state index in [0.29, 0.717) is 5.69 Å². The summed E-state index contributed by atoms with van der Waals surface area (Å²) < 4.78 is 0. The van der Waals surface area contributed by atoms with Gasteiger partial charge in [0, 0.05) is 31.0 Å². The molecule has 0 bridgehead atoms. The minimum Gasteiger partial charge on any atom is -0.378 e. The zero-order chi connectivity index (χ0) is 18.6. The van der Waals surface area contributed by atoms with Crippen molar-refractivity contribution in [2.24, 2.45) is 0 Å². The standard InChI is InChI=1S/C19H24N4O2/c1-19(2,3)22-18(25)16-8-6-7-15(21-16)17(24)20-13-9-11-14(12-10-13)23(4)5/h6-12H,1-5H3,(H,20,24)(H,22,25). The molecule has 132 valence electrons. The van der Waals surface area contributed by atoms with Crippen LogP contribution in [0, 0.1) is 0 Å². The molecule has 0 aliphatic heterocycles.